The Hall–Kier alpha value is -1.42. The highest BCUT2D eigenvalue weighted by atomic mass is 16.6. The molecule has 0 saturated heterocycles. The Morgan fingerprint density at radius 3 is 2.38 bits per heavy atom. The Balaban J connectivity index is 2.87. The van der Waals surface area contributed by atoms with E-state index in [0.29, 0.717) is 6.54 Å². The number of nitro benzene ring substituents is 1. The fraction of sp³-hybridized carbons (Fsp3) is 0.333. The first-order chi connectivity index (χ1) is 6.15. The average molecular weight is 182 g/mol. The van der Waals surface area contributed by atoms with E-state index in [4.69, 9.17) is 5.73 Å². The van der Waals surface area contributed by atoms with Crippen molar-refractivity contribution in [2.75, 3.05) is 6.54 Å². The molecule has 1 atom stereocenters. The van der Waals surface area contributed by atoms with Gasteiger partial charge in [0.05, 0.1) is 4.92 Å². The fourth-order valence-corrected chi connectivity index (χ4v) is 1.06. The van der Waals surface area contributed by atoms with Gasteiger partial charge in [-0.05, 0) is 18.0 Å². The molecule has 1 aromatic carbocycles. The van der Waals surface area contributed by atoms with E-state index in [2.05, 4.69) is 0 Å². The Labute approximate surface area is 76.5 Å². The van der Waals surface area contributed by atoms with Gasteiger partial charge in [0.1, 0.15) is 0 Å². The van der Waals surface area contributed by atoms with Gasteiger partial charge in [-0.25, -0.2) is 0 Å². The van der Waals surface area contributed by atoms with Gasteiger partial charge < -0.3 is 5.73 Å². The van der Waals surface area contributed by atoms with Crippen molar-refractivity contribution in [1.29, 1.82) is 0 Å². The molecule has 4 heteroatoms. The minimum absolute atomic E-state index is 0.118. The smallest absolute Gasteiger partial charge is 0.269 e. The molecule has 1 rings (SSSR count). The van der Waals surface area contributed by atoms with Crippen LogP contribution in [0.1, 0.15) is 18.4 Å². The molecule has 0 radical (unpaired) electrons. The summed E-state index contributed by atoms with van der Waals surface area (Å²) < 4.78 is 0. The maximum absolute atomic E-state index is 10.3. The van der Waals surface area contributed by atoms with E-state index in [1.165, 1.54) is 12.1 Å². The highest BCUT2D eigenvalue weighted by Crippen LogP contribution is 2.17. The van der Waals surface area contributed by atoms with E-state index in [-0.39, 0.29) is 11.6 Å². The largest absolute Gasteiger partial charge is 0.330 e. The zero-order valence-electron chi connectivity index (χ0n) is 7.43. The third-order valence-electron chi connectivity index (χ3n) is 2.03. The molecule has 1 aromatic rings. The summed E-state index contributed by atoms with van der Waals surface area (Å²) >= 11 is 0. The third-order valence-corrected chi connectivity index (χ3v) is 2.03. The monoisotopic (exact) mass is 182 g/mol. The quantitative estimate of drug-likeness (QED) is 0.570. The van der Waals surface area contributed by atoms with Gasteiger partial charge >= 0.3 is 0 Å². The van der Waals surface area contributed by atoms with Crippen LogP contribution < -0.4 is 5.73 Å². The number of nitrogens with two attached hydrogens (primary N) is 1. The topological polar surface area (TPSA) is 69.2 Å². The number of benzene rings is 1. The number of hydrogen-bond donors (Lipinski definition) is 1. The normalized spacial score (nSPS) is 12.5. The standard InChI is InChI=1S/C9H12N2O2/c1-7(6-10)8-2-4-9(5-3-8)11(12)13/h2-5,7H,6,10H2,1H3/t7-/m0/s1/i1+2. The summed E-state index contributed by atoms with van der Waals surface area (Å²) in [7, 11) is 0. The van der Waals surface area contributed by atoms with Gasteiger partial charge in [0, 0.05) is 12.1 Å². The summed E-state index contributed by atoms with van der Waals surface area (Å²) in [5.74, 6) is 0.251. The van der Waals surface area contributed by atoms with Gasteiger partial charge in [0.25, 0.3) is 5.69 Å². The Kier molecular flexibility index (Phi) is 2.97. The minimum atomic E-state index is -0.406. The molecule has 13 heavy (non-hydrogen) atoms. The first-order valence-electron chi connectivity index (χ1n) is 4.09. The fourth-order valence-electron chi connectivity index (χ4n) is 1.06. The Bertz CT molecular complexity index is 295. The van der Waals surface area contributed by atoms with Crippen LogP contribution in [0.3, 0.4) is 0 Å². The molecule has 0 spiro atoms. The van der Waals surface area contributed by atoms with E-state index < -0.39 is 4.92 Å². The SMILES string of the molecule is [14CH3][C@@H](CN)c1ccc([N+](=O)[O-])cc1. The Morgan fingerprint density at radius 2 is 2.00 bits per heavy atom. The second-order valence-corrected chi connectivity index (χ2v) is 2.99. The molecule has 0 fully saturated rings. The first-order valence-corrected chi connectivity index (χ1v) is 4.09. The van der Waals surface area contributed by atoms with Crippen molar-refractivity contribution in [2.24, 2.45) is 5.73 Å². The molecule has 70 valence electrons. The molecule has 2 N–H and O–H groups in total. The summed E-state index contributed by atoms with van der Waals surface area (Å²) in [5, 5.41) is 10.3. The van der Waals surface area contributed by atoms with Crippen molar-refractivity contribution in [1.82, 2.24) is 0 Å². The zero-order chi connectivity index (χ0) is 9.84. The van der Waals surface area contributed by atoms with Crippen LogP contribution in [0.25, 0.3) is 0 Å². The number of hydrogen-bond acceptors (Lipinski definition) is 3. The van der Waals surface area contributed by atoms with E-state index in [9.17, 15) is 10.1 Å². The molecular weight excluding hydrogens is 170 g/mol. The van der Waals surface area contributed by atoms with Gasteiger partial charge in [-0.3, -0.25) is 10.1 Å². The van der Waals surface area contributed by atoms with E-state index in [1.54, 1.807) is 12.1 Å². The van der Waals surface area contributed by atoms with Crippen LogP contribution in [0.15, 0.2) is 24.3 Å². The number of rotatable bonds is 3. The van der Waals surface area contributed by atoms with Crippen molar-refractivity contribution in [3.63, 3.8) is 0 Å². The molecule has 0 heterocycles. The van der Waals surface area contributed by atoms with Crippen LogP contribution in [-0.2, 0) is 0 Å². The summed E-state index contributed by atoms with van der Waals surface area (Å²) in [4.78, 5) is 9.93. The van der Waals surface area contributed by atoms with Crippen LogP contribution >= 0.6 is 0 Å². The van der Waals surface area contributed by atoms with Crippen LogP contribution in [0.2, 0.25) is 0 Å². The molecule has 0 bridgehead atoms. The predicted molar refractivity (Wildman–Crippen MR) is 50.6 cm³/mol. The van der Waals surface area contributed by atoms with Gasteiger partial charge in [-0.1, -0.05) is 19.1 Å². The molecule has 0 amide bonds. The van der Waals surface area contributed by atoms with Crippen molar-refractivity contribution in [3.05, 3.63) is 39.9 Å². The maximum atomic E-state index is 10.3. The lowest BCUT2D eigenvalue weighted by molar-refractivity contribution is -0.384. The molecule has 0 unspecified atom stereocenters. The van der Waals surface area contributed by atoms with Crippen molar-refractivity contribution in [2.45, 2.75) is 12.8 Å². The van der Waals surface area contributed by atoms with Crippen LogP contribution in [0, 0.1) is 10.1 Å². The summed E-state index contributed by atoms with van der Waals surface area (Å²) in [5.41, 5.74) is 6.62. The first kappa shape index (κ1) is 9.67. The van der Waals surface area contributed by atoms with E-state index in [1.807, 2.05) is 6.92 Å². The Morgan fingerprint density at radius 1 is 1.46 bits per heavy atom. The van der Waals surface area contributed by atoms with Crippen molar-refractivity contribution in [3.8, 4) is 0 Å². The number of non-ortho nitro benzene ring substituents is 1. The van der Waals surface area contributed by atoms with Gasteiger partial charge in [0.2, 0.25) is 0 Å². The highest BCUT2D eigenvalue weighted by molar-refractivity contribution is 5.34. The number of nitro groups is 1. The number of nitrogens with zero attached hydrogens (tertiary/aromatic N) is 1. The van der Waals surface area contributed by atoms with Crippen molar-refractivity contribution >= 4 is 5.69 Å². The summed E-state index contributed by atoms with van der Waals surface area (Å²) in [6.07, 6.45) is 0. The molecule has 0 aliphatic heterocycles. The van der Waals surface area contributed by atoms with Gasteiger partial charge in [-0.2, -0.15) is 0 Å². The minimum Gasteiger partial charge on any atom is -0.330 e. The maximum Gasteiger partial charge on any atom is 0.269 e. The van der Waals surface area contributed by atoms with Crippen molar-refractivity contribution < 1.29 is 4.92 Å². The molecule has 0 aliphatic carbocycles. The molecule has 0 aromatic heterocycles. The van der Waals surface area contributed by atoms with Crippen LogP contribution in [0.4, 0.5) is 5.69 Å². The highest BCUT2D eigenvalue weighted by Gasteiger charge is 2.06. The van der Waals surface area contributed by atoms with E-state index in [0.717, 1.165) is 5.56 Å². The lowest BCUT2D eigenvalue weighted by Crippen LogP contribution is -2.08. The second kappa shape index (κ2) is 4.00. The summed E-state index contributed by atoms with van der Waals surface area (Å²) in [6, 6.07) is 6.49. The molecule has 0 aliphatic rings. The zero-order valence-corrected chi connectivity index (χ0v) is 7.43. The van der Waals surface area contributed by atoms with Crippen LogP contribution in [-0.4, -0.2) is 11.5 Å². The molecular formula is C9H12N2O2. The molecule has 4 nitrogen and oxygen atoms in total. The van der Waals surface area contributed by atoms with Gasteiger partial charge in [0.15, 0.2) is 0 Å². The lowest BCUT2D eigenvalue weighted by Gasteiger charge is -2.07. The second-order valence-electron chi connectivity index (χ2n) is 2.99. The summed E-state index contributed by atoms with van der Waals surface area (Å²) in [6.45, 7) is 2.54. The third kappa shape index (κ3) is 2.26. The lowest BCUT2D eigenvalue weighted by atomic mass is 10.1. The van der Waals surface area contributed by atoms with E-state index >= 15 is 0 Å². The average Bonchev–Trinajstić information content (AvgIpc) is 2.17. The van der Waals surface area contributed by atoms with Gasteiger partial charge in [-0.15, -0.1) is 0 Å². The molecule has 0 saturated carbocycles. The predicted octanol–water partition coefficient (Wildman–Crippen LogP) is 1.66. The van der Waals surface area contributed by atoms with Crippen LogP contribution in [0.5, 0.6) is 0 Å².